The first-order valence-corrected chi connectivity index (χ1v) is 5.87. The van der Waals surface area contributed by atoms with Crippen LogP contribution in [0.4, 0.5) is 0 Å². The van der Waals surface area contributed by atoms with Crippen LogP contribution < -0.4 is 14.6 Å². The van der Waals surface area contributed by atoms with E-state index in [1.54, 1.807) is 31.4 Å². The molecule has 18 heavy (non-hydrogen) atoms. The maximum absolute atomic E-state index is 11.3. The van der Waals surface area contributed by atoms with Crippen LogP contribution in [0.25, 0.3) is 6.08 Å². The van der Waals surface area contributed by atoms with Crippen LogP contribution in [-0.4, -0.2) is 25.4 Å². The molecule has 1 aromatic carbocycles. The molecule has 0 fully saturated rings. The second-order valence-electron chi connectivity index (χ2n) is 3.41. The van der Waals surface area contributed by atoms with Crippen molar-refractivity contribution >= 4 is 29.0 Å². The fourth-order valence-electron chi connectivity index (χ4n) is 1.48. The highest BCUT2D eigenvalue weighted by Crippen LogP contribution is 2.31. The minimum atomic E-state index is -0.500. The molecule has 5 nitrogen and oxygen atoms in total. The van der Waals surface area contributed by atoms with Crippen LogP contribution in [-0.2, 0) is 4.79 Å². The van der Waals surface area contributed by atoms with E-state index < -0.39 is 11.1 Å². The van der Waals surface area contributed by atoms with E-state index in [9.17, 15) is 9.90 Å². The molecule has 0 saturated carbocycles. The normalized spacial score (nSPS) is 16.9. The van der Waals surface area contributed by atoms with Gasteiger partial charge in [0, 0.05) is 5.23 Å². The zero-order valence-corrected chi connectivity index (χ0v) is 10.6. The van der Waals surface area contributed by atoms with Crippen molar-refractivity contribution in [3.05, 3.63) is 28.7 Å². The van der Waals surface area contributed by atoms with Gasteiger partial charge in [0.1, 0.15) is 0 Å². The Morgan fingerprint density at radius 1 is 1.28 bits per heavy atom. The van der Waals surface area contributed by atoms with Gasteiger partial charge in [0.25, 0.3) is 5.91 Å². The number of hydrogen-bond acceptors (Lipinski definition) is 5. The summed E-state index contributed by atoms with van der Waals surface area (Å²) in [5, 5.41) is 10.5. The summed E-state index contributed by atoms with van der Waals surface area (Å²) in [6.45, 7) is 0. The van der Waals surface area contributed by atoms with Gasteiger partial charge in [-0.2, -0.15) is 0 Å². The monoisotopic (exact) mass is 264 g/mol. The van der Waals surface area contributed by atoms with Crippen molar-refractivity contribution in [1.29, 1.82) is 0 Å². The summed E-state index contributed by atoms with van der Waals surface area (Å²) >= 11 is 0.826. The molecule has 0 unspecified atom stereocenters. The average molecular weight is 264 g/mol. The number of hydrogen-bond donors (Lipinski definition) is 0. The van der Waals surface area contributed by atoms with E-state index in [0.29, 0.717) is 16.4 Å². The molecule has 0 aromatic heterocycles. The summed E-state index contributed by atoms with van der Waals surface area (Å²) in [6.07, 6.45) is 1.60. The minimum Gasteiger partial charge on any atom is -0.853 e. The molecule has 0 atom stereocenters. The maximum atomic E-state index is 11.3. The summed E-state index contributed by atoms with van der Waals surface area (Å²) in [7, 11) is 3.08. The predicted molar refractivity (Wildman–Crippen MR) is 67.6 cm³/mol. The van der Waals surface area contributed by atoms with Crippen molar-refractivity contribution in [2.24, 2.45) is 4.99 Å². The van der Waals surface area contributed by atoms with Gasteiger partial charge in [0.2, 0.25) is 0 Å². The molecule has 0 bridgehead atoms. The molecule has 1 heterocycles. The van der Waals surface area contributed by atoms with Crippen LogP contribution in [0, 0.1) is 0 Å². The molecule has 2 rings (SSSR count). The van der Waals surface area contributed by atoms with Crippen LogP contribution >= 0.6 is 11.8 Å². The van der Waals surface area contributed by atoms with Gasteiger partial charge in [-0.25, -0.2) is 4.99 Å². The van der Waals surface area contributed by atoms with E-state index in [2.05, 4.69) is 4.99 Å². The SMILES string of the molecule is COc1ccc(/C=C2\SC([O-])=NC2=O)cc1OC. The van der Waals surface area contributed by atoms with Gasteiger partial charge in [-0.1, -0.05) is 17.8 Å². The van der Waals surface area contributed by atoms with Crippen LogP contribution in [0.3, 0.4) is 0 Å². The number of nitrogens with zero attached hydrogens (tertiary/aromatic N) is 1. The van der Waals surface area contributed by atoms with E-state index in [0.717, 1.165) is 17.3 Å². The molecule has 0 spiro atoms. The van der Waals surface area contributed by atoms with Gasteiger partial charge in [0.05, 0.1) is 19.1 Å². The average Bonchev–Trinajstić information content (AvgIpc) is 2.67. The van der Waals surface area contributed by atoms with Gasteiger partial charge >= 0.3 is 0 Å². The zero-order chi connectivity index (χ0) is 13.1. The van der Waals surface area contributed by atoms with Crippen molar-refractivity contribution in [3.63, 3.8) is 0 Å². The zero-order valence-electron chi connectivity index (χ0n) is 9.80. The second-order valence-corrected chi connectivity index (χ2v) is 4.40. The standard InChI is InChI=1S/C12H11NO4S/c1-16-8-4-3-7(5-9(8)17-2)6-10-11(14)13-12(15)18-10/h3-6H,1-2H3,(H,13,14,15)/p-1/b10-6-. The van der Waals surface area contributed by atoms with E-state index in [-0.39, 0.29) is 0 Å². The van der Waals surface area contributed by atoms with Gasteiger partial charge in [-0.15, -0.1) is 0 Å². The number of ether oxygens (including phenoxy) is 2. The van der Waals surface area contributed by atoms with E-state index in [1.807, 2.05) is 0 Å². The lowest BCUT2D eigenvalue weighted by molar-refractivity contribution is -0.205. The van der Waals surface area contributed by atoms with Crippen LogP contribution in [0.1, 0.15) is 5.56 Å². The molecule has 1 aliphatic rings. The minimum absolute atomic E-state index is 0.312. The van der Waals surface area contributed by atoms with Gasteiger partial charge in [-0.05, 0) is 23.8 Å². The number of aliphatic imine (C=N–C) groups is 1. The van der Waals surface area contributed by atoms with Crippen molar-refractivity contribution < 1.29 is 19.4 Å². The molecule has 6 heteroatoms. The molecule has 0 aliphatic carbocycles. The van der Waals surface area contributed by atoms with Crippen LogP contribution in [0.2, 0.25) is 0 Å². The Labute approximate surface area is 108 Å². The predicted octanol–water partition coefficient (Wildman–Crippen LogP) is 1.03. The van der Waals surface area contributed by atoms with Crippen LogP contribution in [0.5, 0.6) is 11.5 Å². The van der Waals surface area contributed by atoms with Crippen LogP contribution in [0.15, 0.2) is 28.1 Å². The fourth-order valence-corrected chi connectivity index (χ4v) is 2.13. The smallest absolute Gasteiger partial charge is 0.283 e. The summed E-state index contributed by atoms with van der Waals surface area (Å²) < 4.78 is 10.3. The van der Waals surface area contributed by atoms with Crippen molar-refractivity contribution in [1.82, 2.24) is 0 Å². The molecule has 1 aromatic rings. The third-order valence-corrected chi connectivity index (χ3v) is 3.08. The first-order valence-electron chi connectivity index (χ1n) is 5.05. The number of amides is 1. The highest BCUT2D eigenvalue weighted by atomic mass is 32.2. The highest BCUT2D eigenvalue weighted by molar-refractivity contribution is 8.18. The first kappa shape index (κ1) is 12.5. The van der Waals surface area contributed by atoms with E-state index in [4.69, 9.17) is 9.47 Å². The molecule has 0 radical (unpaired) electrons. The molecule has 94 valence electrons. The Balaban J connectivity index is 2.31. The second kappa shape index (κ2) is 5.14. The number of methoxy groups -OCH3 is 2. The third-order valence-electron chi connectivity index (χ3n) is 2.31. The molecular formula is C12H10NO4S-. The van der Waals surface area contributed by atoms with E-state index in [1.165, 1.54) is 7.11 Å². The first-order chi connectivity index (χ1) is 8.63. The summed E-state index contributed by atoms with van der Waals surface area (Å²) in [6, 6.07) is 5.22. The van der Waals surface area contributed by atoms with Gasteiger partial charge in [-0.3, -0.25) is 4.79 Å². The Morgan fingerprint density at radius 3 is 2.56 bits per heavy atom. The lowest BCUT2D eigenvalue weighted by Crippen LogP contribution is -2.08. The number of thioether (sulfide) groups is 1. The number of benzene rings is 1. The van der Waals surface area contributed by atoms with Gasteiger partial charge < -0.3 is 14.6 Å². The summed E-state index contributed by atoms with van der Waals surface area (Å²) in [5.41, 5.74) is 0.744. The lowest BCUT2D eigenvalue weighted by Gasteiger charge is -2.08. The molecule has 0 N–H and O–H groups in total. The Bertz CT molecular complexity index is 551. The Morgan fingerprint density at radius 2 is 2.00 bits per heavy atom. The molecular weight excluding hydrogens is 254 g/mol. The highest BCUT2D eigenvalue weighted by Gasteiger charge is 2.16. The number of rotatable bonds is 3. The fraction of sp³-hybridized carbons (Fsp3) is 0.167. The molecule has 1 amide bonds. The summed E-state index contributed by atoms with van der Waals surface area (Å²) in [4.78, 5) is 15.0. The van der Waals surface area contributed by atoms with Crippen molar-refractivity contribution in [2.45, 2.75) is 0 Å². The molecule has 1 aliphatic heterocycles. The largest absolute Gasteiger partial charge is 0.853 e. The number of carbonyl (C=O) groups is 1. The Kier molecular flexibility index (Phi) is 3.57. The Hall–Kier alpha value is -1.95. The van der Waals surface area contributed by atoms with Crippen molar-refractivity contribution in [2.75, 3.05) is 14.2 Å². The third kappa shape index (κ3) is 2.48. The quantitative estimate of drug-likeness (QED) is 0.763. The number of carbonyl (C=O) groups excluding carboxylic acids is 1. The van der Waals surface area contributed by atoms with Crippen molar-refractivity contribution in [3.8, 4) is 11.5 Å². The molecule has 0 saturated heterocycles. The topological polar surface area (TPSA) is 71.0 Å². The summed E-state index contributed by atoms with van der Waals surface area (Å²) in [5.74, 6) is 0.663. The maximum Gasteiger partial charge on any atom is 0.283 e. The van der Waals surface area contributed by atoms with E-state index >= 15 is 0 Å². The van der Waals surface area contributed by atoms with Gasteiger partial charge in [0.15, 0.2) is 11.5 Å². The lowest BCUT2D eigenvalue weighted by atomic mass is 10.2.